The van der Waals surface area contributed by atoms with E-state index < -0.39 is 15.5 Å². The van der Waals surface area contributed by atoms with Gasteiger partial charge in [0.05, 0.1) is 22.1 Å². The Balaban J connectivity index is 1.88. The van der Waals surface area contributed by atoms with Crippen LogP contribution in [0.4, 0.5) is 17.1 Å². The second-order valence-corrected chi connectivity index (χ2v) is 7.84. The maximum absolute atomic E-state index is 11.2. The lowest BCUT2D eigenvalue weighted by Gasteiger charge is -2.11. The van der Waals surface area contributed by atoms with Crippen molar-refractivity contribution in [3.05, 3.63) is 88.8 Å². The van der Waals surface area contributed by atoms with E-state index in [4.69, 9.17) is 0 Å². The number of hydrazone groups is 1. The van der Waals surface area contributed by atoms with Gasteiger partial charge in [0.25, 0.3) is 5.69 Å². The van der Waals surface area contributed by atoms with Gasteiger partial charge in [-0.1, -0.05) is 0 Å². The Hall–Kier alpha value is -3.28. The van der Waals surface area contributed by atoms with Crippen molar-refractivity contribution >= 4 is 45.9 Å². The number of nitro groups is 2. The molecule has 0 atom stereocenters. The first-order valence-corrected chi connectivity index (χ1v) is 9.94. The number of nitro benzene ring substituents is 2. The summed E-state index contributed by atoms with van der Waals surface area (Å²) >= 11 is 2.30. The molecule has 1 N–H and O–H groups in total. The zero-order valence-electron chi connectivity index (χ0n) is 16.4. The maximum atomic E-state index is 11.2. The molecule has 0 saturated carbocycles. The van der Waals surface area contributed by atoms with E-state index >= 15 is 0 Å². The Labute approximate surface area is 185 Å². The van der Waals surface area contributed by atoms with E-state index in [-0.39, 0.29) is 11.4 Å². The topological polar surface area (TPSA) is 116 Å². The van der Waals surface area contributed by atoms with Crippen molar-refractivity contribution in [2.24, 2.45) is 5.10 Å². The van der Waals surface area contributed by atoms with Crippen molar-refractivity contribution in [3.8, 4) is 5.69 Å². The summed E-state index contributed by atoms with van der Waals surface area (Å²) in [4.78, 5) is 20.7. The summed E-state index contributed by atoms with van der Waals surface area (Å²) in [6, 6.07) is 11.6. The smallest absolute Gasteiger partial charge is 0.301 e. The van der Waals surface area contributed by atoms with Gasteiger partial charge >= 0.3 is 5.69 Å². The minimum Gasteiger partial charge on any atom is -0.318 e. The Morgan fingerprint density at radius 2 is 1.77 bits per heavy atom. The molecule has 2 aromatic carbocycles. The number of hydrogen-bond acceptors (Lipinski definition) is 6. The highest BCUT2D eigenvalue weighted by Gasteiger charge is 2.19. The molecule has 3 aromatic rings. The Bertz CT molecular complexity index is 1190. The highest BCUT2D eigenvalue weighted by Crippen LogP contribution is 2.29. The van der Waals surface area contributed by atoms with E-state index in [0.717, 1.165) is 28.7 Å². The van der Waals surface area contributed by atoms with E-state index in [1.807, 2.05) is 26.0 Å². The second kappa shape index (κ2) is 8.61. The number of halogens is 1. The van der Waals surface area contributed by atoms with Crippen molar-refractivity contribution in [1.82, 2.24) is 4.57 Å². The Morgan fingerprint density at radius 1 is 1.03 bits per heavy atom. The SMILES string of the molecule is Cc1cc(-n2c(C)cc(/C=N\Nc3ccc([N+](=O)[O-])cc3[N+](=O)[O-])c2C)ccc1I. The highest BCUT2D eigenvalue weighted by atomic mass is 127. The molecule has 3 rings (SSSR count). The second-order valence-electron chi connectivity index (χ2n) is 6.68. The van der Waals surface area contributed by atoms with Crippen molar-refractivity contribution in [2.75, 3.05) is 5.43 Å². The molecule has 0 aliphatic rings. The molecule has 1 heterocycles. The molecule has 154 valence electrons. The number of nitrogens with zero attached hydrogens (tertiary/aromatic N) is 4. The van der Waals surface area contributed by atoms with Crippen LogP contribution in [0.1, 0.15) is 22.5 Å². The molecule has 0 unspecified atom stereocenters. The number of hydrogen-bond donors (Lipinski definition) is 1. The number of aromatic nitrogens is 1. The number of anilines is 1. The molecule has 0 aliphatic carbocycles. The van der Waals surface area contributed by atoms with Gasteiger partial charge in [0.2, 0.25) is 0 Å². The minimum absolute atomic E-state index is 0.0731. The lowest BCUT2D eigenvalue weighted by atomic mass is 10.2. The minimum atomic E-state index is -0.685. The predicted molar refractivity (Wildman–Crippen MR) is 124 cm³/mol. The van der Waals surface area contributed by atoms with Gasteiger partial charge in [0.1, 0.15) is 5.69 Å². The third-order valence-corrected chi connectivity index (χ3v) is 5.86. The van der Waals surface area contributed by atoms with Gasteiger partial charge in [0, 0.05) is 32.3 Å². The lowest BCUT2D eigenvalue weighted by molar-refractivity contribution is -0.393. The summed E-state index contributed by atoms with van der Waals surface area (Å²) in [5.41, 5.74) is 6.99. The van der Waals surface area contributed by atoms with Crippen LogP contribution in [-0.2, 0) is 0 Å². The summed E-state index contributed by atoms with van der Waals surface area (Å²) in [5.74, 6) is 0. The molecule has 0 saturated heterocycles. The van der Waals surface area contributed by atoms with E-state index in [2.05, 4.69) is 56.7 Å². The molecule has 1 aromatic heterocycles. The molecule has 0 fully saturated rings. The summed E-state index contributed by atoms with van der Waals surface area (Å²) in [6.07, 6.45) is 1.57. The molecule has 9 nitrogen and oxygen atoms in total. The van der Waals surface area contributed by atoms with Gasteiger partial charge in [0.15, 0.2) is 0 Å². The van der Waals surface area contributed by atoms with Crippen LogP contribution >= 0.6 is 22.6 Å². The molecule has 0 aliphatic heterocycles. The van der Waals surface area contributed by atoms with Crippen molar-refractivity contribution in [3.63, 3.8) is 0 Å². The average molecular weight is 519 g/mol. The maximum Gasteiger partial charge on any atom is 0.301 e. The van der Waals surface area contributed by atoms with E-state index in [1.165, 1.54) is 21.3 Å². The molecule has 0 bridgehead atoms. The fraction of sp³-hybridized carbons (Fsp3) is 0.150. The summed E-state index contributed by atoms with van der Waals surface area (Å²) < 4.78 is 3.30. The van der Waals surface area contributed by atoms with Crippen LogP contribution in [0, 0.1) is 44.6 Å². The van der Waals surface area contributed by atoms with Crippen LogP contribution < -0.4 is 5.43 Å². The number of non-ortho nitro benzene ring substituents is 1. The third-order valence-electron chi connectivity index (χ3n) is 4.65. The van der Waals surface area contributed by atoms with Crippen LogP contribution in [0.5, 0.6) is 0 Å². The largest absolute Gasteiger partial charge is 0.318 e. The van der Waals surface area contributed by atoms with Crippen molar-refractivity contribution in [1.29, 1.82) is 0 Å². The first-order valence-electron chi connectivity index (χ1n) is 8.86. The molecular weight excluding hydrogens is 501 g/mol. The third kappa shape index (κ3) is 4.32. The lowest BCUT2D eigenvalue weighted by Crippen LogP contribution is -2.01. The van der Waals surface area contributed by atoms with Crippen LogP contribution in [0.25, 0.3) is 5.69 Å². The van der Waals surface area contributed by atoms with Gasteiger partial charge in [-0.3, -0.25) is 25.7 Å². The van der Waals surface area contributed by atoms with Crippen LogP contribution in [-0.4, -0.2) is 20.6 Å². The number of nitrogens with one attached hydrogen (secondary N) is 1. The fourth-order valence-electron chi connectivity index (χ4n) is 3.13. The van der Waals surface area contributed by atoms with Crippen LogP contribution in [0.15, 0.2) is 47.6 Å². The summed E-state index contributed by atoms with van der Waals surface area (Å²) in [7, 11) is 0. The van der Waals surface area contributed by atoms with Gasteiger partial charge in [-0.15, -0.1) is 0 Å². The summed E-state index contributed by atoms with van der Waals surface area (Å²) in [5, 5.41) is 26.2. The number of aryl methyl sites for hydroxylation is 2. The van der Waals surface area contributed by atoms with Gasteiger partial charge in [-0.2, -0.15) is 5.10 Å². The van der Waals surface area contributed by atoms with Crippen molar-refractivity contribution in [2.45, 2.75) is 20.8 Å². The standard InChI is InChI=1S/C20H18IN5O4/c1-12-8-16(4-6-18(12)21)24-13(2)9-15(14(24)3)11-22-23-19-7-5-17(25(27)28)10-20(19)26(29)30/h4-11,23H,1-3H3/b22-11-. The average Bonchev–Trinajstić information content (AvgIpc) is 2.97. The van der Waals surface area contributed by atoms with E-state index in [0.29, 0.717) is 0 Å². The monoisotopic (exact) mass is 519 g/mol. The first-order chi connectivity index (χ1) is 14.2. The Kier molecular flexibility index (Phi) is 6.15. The molecule has 30 heavy (non-hydrogen) atoms. The fourth-order valence-corrected chi connectivity index (χ4v) is 3.47. The van der Waals surface area contributed by atoms with Gasteiger partial charge in [-0.05, 0) is 79.3 Å². The number of benzene rings is 2. The van der Waals surface area contributed by atoms with Gasteiger partial charge < -0.3 is 4.57 Å². The van der Waals surface area contributed by atoms with Crippen LogP contribution in [0.3, 0.4) is 0 Å². The zero-order chi connectivity index (χ0) is 22.0. The molecule has 10 heteroatoms. The number of rotatable bonds is 6. The Morgan fingerprint density at radius 3 is 2.40 bits per heavy atom. The summed E-state index contributed by atoms with van der Waals surface area (Å²) in [6.45, 7) is 6.02. The van der Waals surface area contributed by atoms with E-state index in [1.54, 1.807) is 6.21 Å². The molecule has 0 spiro atoms. The van der Waals surface area contributed by atoms with Crippen LogP contribution in [0.2, 0.25) is 0 Å². The van der Waals surface area contributed by atoms with E-state index in [9.17, 15) is 20.2 Å². The zero-order valence-corrected chi connectivity index (χ0v) is 18.6. The molecule has 0 amide bonds. The molecule has 0 radical (unpaired) electrons. The first kappa shape index (κ1) is 21.4. The predicted octanol–water partition coefficient (Wildman–Crippen LogP) is 5.27. The molecular formula is C20H18IN5O4. The van der Waals surface area contributed by atoms with Gasteiger partial charge in [-0.25, -0.2) is 0 Å². The highest BCUT2D eigenvalue weighted by molar-refractivity contribution is 14.1. The normalized spacial score (nSPS) is 11.1. The van der Waals surface area contributed by atoms with Crippen molar-refractivity contribution < 1.29 is 9.85 Å². The quantitative estimate of drug-likeness (QED) is 0.206.